The number of ether oxygens (including phenoxy) is 1. The van der Waals surface area contributed by atoms with Crippen molar-refractivity contribution in [2.45, 2.75) is 24.1 Å². The molecular weight excluding hydrogens is 395 g/mol. The lowest BCUT2D eigenvalue weighted by Crippen LogP contribution is -2.16. The summed E-state index contributed by atoms with van der Waals surface area (Å²) in [6.45, 7) is 4.32. The lowest BCUT2D eigenvalue weighted by molar-refractivity contribution is 0.275. The van der Waals surface area contributed by atoms with Crippen molar-refractivity contribution >= 4 is 23.7 Å². The Morgan fingerprint density at radius 1 is 1.24 bits per heavy atom. The summed E-state index contributed by atoms with van der Waals surface area (Å²) >= 11 is 1.40. The maximum atomic E-state index is 13.8. The highest BCUT2D eigenvalue weighted by atomic mass is 32.2. The Labute approximate surface area is 171 Å². The zero-order valence-corrected chi connectivity index (χ0v) is 16.9. The highest BCUT2D eigenvalue weighted by molar-refractivity contribution is 7.98. The lowest BCUT2D eigenvalue weighted by atomic mass is 10.3. The summed E-state index contributed by atoms with van der Waals surface area (Å²) in [6, 6.07) is 6.21. The number of hydrogen-bond acceptors (Lipinski definition) is 9. The van der Waals surface area contributed by atoms with Gasteiger partial charge in [-0.2, -0.15) is 15.0 Å². The second kappa shape index (κ2) is 9.32. The summed E-state index contributed by atoms with van der Waals surface area (Å²) in [6.07, 6.45) is 1.73. The number of nitrogen functional groups attached to an aromatic ring is 1. The summed E-state index contributed by atoms with van der Waals surface area (Å²) in [5.74, 6) is 1.89. The van der Waals surface area contributed by atoms with Crippen LogP contribution in [0, 0.1) is 5.82 Å². The molecule has 0 unspecified atom stereocenters. The number of para-hydroxylation sites is 1. The fourth-order valence-electron chi connectivity index (χ4n) is 2.37. The molecule has 3 rings (SSSR count). The minimum atomic E-state index is -0.430. The molecule has 0 amide bonds. The zero-order chi connectivity index (χ0) is 20.8. The summed E-state index contributed by atoms with van der Waals surface area (Å²) in [7, 11) is 3.66. The Kier molecular flexibility index (Phi) is 6.60. The van der Waals surface area contributed by atoms with Crippen molar-refractivity contribution in [3.05, 3.63) is 54.4 Å². The Balaban J connectivity index is 1.73. The third kappa shape index (κ3) is 5.19. The predicted octanol–water partition coefficient (Wildman–Crippen LogP) is 2.31. The fourth-order valence-corrected chi connectivity index (χ4v) is 3.19. The molecule has 0 aliphatic carbocycles. The maximum Gasteiger partial charge on any atom is 0.229 e. The molecule has 1 aromatic carbocycles. The topological polar surface area (TPSA) is 108 Å². The first-order chi connectivity index (χ1) is 14.0. The van der Waals surface area contributed by atoms with Gasteiger partial charge in [-0.3, -0.25) is 4.57 Å². The second-order valence-corrected chi connectivity index (χ2v) is 7.05. The van der Waals surface area contributed by atoms with Crippen molar-refractivity contribution < 1.29 is 9.13 Å². The van der Waals surface area contributed by atoms with Gasteiger partial charge in [-0.1, -0.05) is 30.0 Å². The van der Waals surface area contributed by atoms with Crippen molar-refractivity contribution in [2.75, 3.05) is 24.7 Å². The van der Waals surface area contributed by atoms with Crippen LogP contribution in [-0.4, -0.2) is 43.8 Å². The van der Waals surface area contributed by atoms with Gasteiger partial charge in [0.1, 0.15) is 12.4 Å². The minimum absolute atomic E-state index is 0.0752. The normalized spacial score (nSPS) is 10.7. The second-order valence-electron chi connectivity index (χ2n) is 6.11. The van der Waals surface area contributed by atoms with Crippen molar-refractivity contribution in [3.8, 4) is 5.75 Å². The van der Waals surface area contributed by atoms with Crippen LogP contribution >= 0.6 is 11.8 Å². The molecular formula is C18H21FN8OS. The van der Waals surface area contributed by atoms with E-state index < -0.39 is 5.82 Å². The Morgan fingerprint density at radius 2 is 2.03 bits per heavy atom. The number of aromatic nitrogens is 6. The molecule has 0 aliphatic rings. The van der Waals surface area contributed by atoms with Gasteiger partial charge in [-0.25, -0.2) is 4.39 Å². The van der Waals surface area contributed by atoms with Crippen molar-refractivity contribution in [1.29, 1.82) is 0 Å². The summed E-state index contributed by atoms with van der Waals surface area (Å²) in [5.41, 5.74) is 5.76. The number of hydrogen-bond donors (Lipinski definition) is 1. The molecule has 0 bridgehead atoms. The van der Waals surface area contributed by atoms with Gasteiger partial charge in [0.25, 0.3) is 0 Å². The van der Waals surface area contributed by atoms with Crippen LogP contribution in [0.3, 0.4) is 0 Å². The summed E-state index contributed by atoms with van der Waals surface area (Å²) < 4.78 is 21.1. The first-order valence-corrected chi connectivity index (χ1v) is 9.67. The van der Waals surface area contributed by atoms with E-state index in [4.69, 9.17) is 10.5 Å². The zero-order valence-electron chi connectivity index (χ0n) is 16.1. The van der Waals surface area contributed by atoms with E-state index in [1.807, 2.05) is 18.7 Å². The van der Waals surface area contributed by atoms with Crippen LogP contribution in [0.15, 0.2) is 42.1 Å². The summed E-state index contributed by atoms with van der Waals surface area (Å²) in [5, 5.41) is 9.01. The quantitative estimate of drug-likeness (QED) is 0.415. The molecule has 11 heteroatoms. The molecule has 2 aromatic heterocycles. The van der Waals surface area contributed by atoms with Gasteiger partial charge >= 0.3 is 0 Å². The van der Waals surface area contributed by atoms with Gasteiger partial charge in [0.15, 0.2) is 22.5 Å². The molecule has 3 aromatic rings. The fraction of sp³-hybridized carbons (Fsp3) is 0.278. The van der Waals surface area contributed by atoms with Crippen LogP contribution in [0.2, 0.25) is 0 Å². The van der Waals surface area contributed by atoms with E-state index in [0.29, 0.717) is 35.1 Å². The van der Waals surface area contributed by atoms with Crippen molar-refractivity contribution in [3.63, 3.8) is 0 Å². The maximum absolute atomic E-state index is 13.8. The monoisotopic (exact) mass is 416 g/mol. The van der Waals surface area contributed by atoms with Crippen LogP contribution in [0.1, 0.15) is 11.6 Å². The van der Waals surface area contributed by atoms with E-state index in [1.165, 1.54) is 17.8 Å². The van der Waals surface area contributed by atoms with E-state index in [9.17, 15) is 4.39 Å². The number of anilines is 2. The largest absolute Gasteiger partial charge is 0.483 e. The molecule has 0 atom stereocenters. The van der Waals surface area contributed by atoms with E-state index >= 15 is 0 Å². The van der Waals surface area contributed by atoms with Crippen LogP contribution in [0.4, 0.5) is 16.3 Å². The number of rotatable bonds is 9. The number of allylic oxidation sites excluding steroid dienone is 1. The van der Waals surface area contributed by atoms with E-state index in [2.05, 4.69) is 31.7 Å². The molecule has 152 valence electrons. The molecule has 0 spiro atoms. The molecule has 0 saturated heterocycles. The first kappa shape index (κ1) is 20.5. The Hall–Kier alpha value is -3.21. The summed E-state index contributed by atoms with van der Waals surface area (Å²) in [4.78, 5) is 14.4. The molecule has 0 saturated carbocycles. The van der Waals surface area contributed by atoms with Gasteiger partial charge in [0, 0.05) is 20.6 Å². The average Bonchev–Trinajstić information content (AvgIpc) is 3.07. The molecule has 0 aliphatic heterocycles. The number of halogens is 1. The van der Waals surface area contributed by atoms with Crippen LogP contribution in [-0.2, 0) is 18.9 Å². The van der Waals surface area contributed by atoms with Crippen molar-refractivity contribution in [1.82, 2.24) is 29.7 Å². The minimum Gasteiger partial charge on any atom is -0.483 e. The van der Waals surface area contributed by atoms with Crippen LogP contribution in [0.25, 0.3) is 0 Å². The number of nitrogens with two attached hydrogens (primary N) is 1. The molecule has 29 heavy (non-hydrogen) atoms. The Bertz CT molecular complexity index is 994. The van der Waals surface area contributed by atoms with Gasteiger partial charge in [-0.05, 0) is 12.1 Å². The average molecular weight is 416 g/mol. The van der Waals surface area contributed by atoms with Gasteiger partial charge < -0.3 is 15.4 Å². The standard InChI is InChI=1S/C18H21FN8OS/c1-4-9-27-15(10-28-13-8-6-5-7-12(13)19)24-25-18(27)29-11-14-21-16(20)23-17(22-14)26(2)3/h4-8H,1,9-11H2,2-3H3,(H2,20,21,22,23). The molecule has 0 radical (unpaired) electrons. The van der Waals surface area contributed by atoms with Gasteiger partial charge in [0.2, 0.25) is 11.9 Å². The third-order valence-electron chi connectivity index (χ3n) is 3.72. The Morgan fingerprint density at radius 3 is 2.76 bits per heavy atom. The molecule has 9 nitrogen and oxygen atoms in total. The number of benzene rings is 1. The molecule has 2 heterocycles. The number of nitrogens with zero attached hydrogens (tertiary/aromatic N) is 7. The van der Waals surface area contributed by atoms with E-state index in [0.717, 1.165) is 0 Å². The van der Waals surface area contributed by atoms with E-state index in [-0.39, 0.29) is 18.3 Å². The van der Waals surface area contributed by atoms with Gasteiger partial charge in [0.05, 0.1) is 5.75 Å². The molecule has 2 N–H and O–H groups in total. The smallest absolute Gasteiger partial charge is 0.229 e. The third-order valence-corrected chi connectivity index (χ3v) is 4.68. The van der Waals surface area contributed by atoms with E-state index in [1.54, 1.807) is 29.2 Å². The first-order valence-electron chi connectivity index (χ1n) is 8.68. The highest BCUT2D eigenvalue weighted by Crippen LogP contribution is 2.23. The molecule has 0 fully saturated rings. The van der Waals surface area contributed by atoms with Crippen LogP contribution < -0.4 is 15.4 Å². The van der Waals surface area contributed by atoms with Crippen molar-refractivity contribution in [2.24, 2.45) is 0 Å². The SMILES string of the molecule is C=CCn1c(COc2ccccc2F)nnc1SCc1nc(N)nc(N(C)C)n1. The number of thioether (sulfide) groups is 1. The highest BCUT2D eigenvalue weighted by Gasteiger charge is 2.15. The van der Waals surface area contributed by atoms with Crippen LogP contribution in [0.5, 0.6) is 5.75 Å². The van der Waals surface area contributed by atoms with Gasteiger partial charge in [-0.15, -0.1) is 16.8 Å². The lowest BCUT2D eigenvalue weighted by Gasteiger charge is -2.11. The predicted molar refractivity (Wildman–Crippen MR) is 109 cm³/mol.